The molecule has 0 fully saturated rings. The van der Waals surface area contributed by atoms with Crippen molar-refractivity contribution in [1.29, 1.82) is 0 Å². The van der Waals surface area contributed by atoms with Crippen LogP contribution in [-0.2, 0) is 16.1 Å². The molecule has 0 bridgehead atoms. The molecule has 1 N–H and O–H groups in total. The van der Waals surface area contributed by atoms with E-state index in [4.69, 9.17) is 4.74 Å². The molecule has 0 aliphatic carbocycles. The molecule has 0 saturated heterocycles. The van der Waals surface area contributed by atoms with E-state index in [1.807, 2.05) is 31.2 Å². The Balaban J connectivity index is 1.56. The molecule has 1 heterocycles. The molecule has 1 amide bonds. The second-order valence-corrected chi connectivity index (χ2v) is 6.66. The number of hydrogen-bond donors (Lipinski definition) is 1. The summed E-state index contributed by atoms with van der Waals surface area (Å²) in [5.74, 6) is -0.486. The number of nitrogens with zero attached hydrogens (tertiary/aromatic N) is 3. The molecular weight excluding hydrogens is 356 g/mol. The van der Waals surface area contributed by atoms with E-state index in [1.54, 1.807) is 22.9 Å². The Morgan fingerprint density at radius 1 is 1.14 bits per heavy atom. The van der Waals surface area contributed by atoms with Crippen LogP contribution in [0, 0.1) is 0 Å². The molecule has 146 valence electrons. The number of rotatable bonds is 7. The summed E-state index contributed by atoms with van der Waals surface area (Å²) in [7, 11) is 0. The minimum atomic E-state index is -0.574. The van der Waals surface area contributed by atoms with Crippen molar-refractivity contribution in [2.75, 3.05) is 11.9 Å². The normalized spacial score (nSPS) is 12.0. The molecule has 0 unspecified atom stereocenters. The summed E-state index contributed by atoms with van der Waals surface area (Å²) in [6.07, 6.45) is 1.06. The summed E-state index contributed by atoms with van der Waals surface area (Å²) in [5.41, 5.74) is 3.69. The van der Waals surface area contributed by atoms with Crippen molar-refractivity contribution in [2.45, 2.75) is 39.7 Å². The highest BCUT2D eigenvalue weighted by Crippen LogP contribution is 2.20. The number of fused-ring (bicyclic) bond motifs is 1. The SMILES string of the molecule is CC[C@@H](C)c1ccc(NC(=O)COC(=O)c2ccc3c(c2)nnn3CC)cc1. The standard InChI is InChI=1S/C21H24N4O3/c1-4-14(3)15-6-9-17(10-7-15)22-20(26)13-28-21(27)16-8-11-19-18(12-16)23-24-25(19)5-2/h6-12,14H,4-5,13H2,1-3H3,(H,22,26)/t14-/m1/s1. The van der Waals surface area contributed by atoms with Crippen LogP contribution in [0.2, 0.25) is 0 Å². The molecule has 7 heteroatoms. The topological polar surface area (TPSA) is 86.1 Å². The first-order chi connectivity index (χ1) is 13.5. The van der Waals surface area contributed by atoms with E-state index in [2.05, 4.69) is 29.5 Å². The highest BCUT2D eigenvalue weighted by Gasteiger charge is 2.13. The Morgan fingerprint density at radius 3 is 2.57 bits per heavy atom. The Morgan fingerprint density at radius 2 is 1.89 bits per heavy atom. The highest BCUT2D eigenvalue weighted by atomic mass is 16.5. The molecule has 28 heavy (non-hydrogen) atoms. The first-order valence-corrected chi connectivity index (χ1v) is 9.42. The lowest BCUT2D eigenvalue weighted by Crippen LogP contribution is -2.20. The first-order valence-electron chi connectivity index (χ1n) is 9.42. The molecule has 0 aliphatic heterocycles. The van der Waals surface area contributed by atoms with Gasteiger partial charge in [0.2, 0.25) is 0 Å². The van der Waals surface area contributed by atoms with Crippen molar-refractivity contribution in [3.05, 3.63) is 53.6 Å². The van der Waals surface area contributed by atoms with Crippen molar-refractivity contribution in [3.8, 4) is 0 Å². The molecule has 7 nitrogen and oxygen atoms in total. The van der Waals surface area contributed by atoms with E-state index in [0.717, 1.165) is 11.9 Å². The number of esters is 1. The van der Waals surface area contributed by atoms with E-state index in [-0.39, 0.29) is 12.5 Å². The molecule has 3 rings (SSSR count). The van der Waals surface area contributed by atoms with Crippen LogP contribution in [-0.4, -0.2) is 33.5 Å². The van der Waals surface area contributed by atoms with Crippen molar-refractivity contribution >= 4 is 28.6 Å². The Kier molecular flexibility index (Phi) is 6.03. The largest absolute Gasteiger partial charge is 0.452 e. The molecule has 2 aromatic carbocycles. The van der Waals surface area contributed by atoms with Gasteiger partial charge in [-0.2, -0.15) is 0 Å². The van der Waals surface area contributed by atoms with Crippen LogP contribution in [0.5, 0.6) is 0 Å². The summed E-state index contributed by atoms with van der Waals surface area (Å²) in [5, 5.41) is 10.8. The Labute approximate surface area is 163 Å². The average Bonchev–Trinajstić information content (AvgIpc) is 3.14. The number of carbonyl (C=O) groups excluding carboxylic acids is 2. The second kappa shape index (κ2) is 8.65. The van der Waals surface area contributed by atoms with Crippen LogP contribution >= 0.6 is 0 Å². The Bertz CT molecular complexity index is 979. The van der Waals surface area contributed by atoms with Crippen LogP contribution in [0.4, 0.5) is 5.69 Å². The van der Waals surface area contributed by atoms with Gasteiger partial charge in [-0.25, -0.2) is 9.48 Å². The third-order valence-corrected chi connectivity index (χ3v) is 4.76. The van der Waals surface area contributed by atoms with Crippen LogP contribution in [0.1, 0.15) is 49.0 Å². The van der Waals surface area contributed by atoms with Gasteiger partial charge in [0.25, 0.3) is 5.91 Å². The monoisotopic (exact) mass is 380 g/mol. The summed E-state index contributed by atoms with van der Waals surface area (Å²) in [6.45, 7) is 6.60. The average molecular weight is 380 g/mol. The molecule has 0 radical (unpaired) electrons. The van der Waals surface area contributed by atoms with Crippen LogP contribution < -0.4 is 5.32 Å². The molecule has 0 saturated carbocycles. The van der Waals surface area contributed by atoms with Crippen molar-refractivity contribution in [1.82, 2.24) is 15.0 Å². The van der Waals surface area contributed by atoms with Gasteiger partial charge in [-0.3, -0.25) is 4.79 Å². The van der Waals surface area contributed by atoms with E-state index in [0.29, 0.717) is 29.2 Å². The lowest BCUT2D eigenvalue weighted by molar-refractivity contribution is -0.119. The van der Waals surface area contributed by atoms with E-state index < -0.39 is 5.97 Å². The van der Waals surface area contributed by atoms with Crippen molar-refractivity contribution in [3.63, 3.8) is 0 Å². The smallest absolute Gasteiger partial charge is 0.338 e. The maximum absolute atomic E-state index is 12.2. The number of ether oxygens (including phenoxy) is 1. The number of anilines is 1. The minimum Gasteiger partial charge on any atom is -0.452 e. The predicted molar refractivity (Wildman–Crippen MR) is 107 cm³/mol. The maximum atomic E-state index is 12.2. The van der Waals surface area contributed by atoms with Gasteiger partial charge in [-0.05, 0) is 55.2 Å². The predicted octanol–water partition coefficient (Wildman–Crippen LogP) is 3.76. The number of aryl methyl sites for hydroxylation is 1. The van der Waals surface area contributed by atoms with Gasteiger partial charge >= 0.3 is 5.97 Å². The van der Waals surface area contributed by atoms with Gasteiger partial charge in [-0.1, -0.05) is 31.2 Å². The Hall–Kier alpha value is -3.22. The van der Waals surface area contributed by atoms with Crippen molar-refractivity contribution in [2.24, 2.45) is 0 Å². The minimum absolute atomic E-state index is 0.335. The molecule has 1 atom stereocenters. The van der Waals surface area contributed by atoms with Crippen LogP contribution in [0.25, 0.3) is 11.0 Å². The zero-order chi connectivity index (χ0) is 20.1. The number of carbonyl (C=O) groups is 2. The first kappa shape index (κ1) is 19.5. The van der Waals surface area contributed by atoms with Gasteiger partial charge in [0.1, 0.15) is 5.52 Å². The summed E-state index contributed by atoms with van der Waals surface area (Å²) in [6, 6.07) is 12.7. The third-order valence-electron chi connectivity index (χ3n) is 4.76. The number of amides is 1. The third kappa shape index (κ3) is 4.36. The maximum Gasteiger partial charge on any atom is 0.338 e. The molecule has 0 spiro atoms. The van der Waals surface area contributed by atoms with E-state index in [1.165, 1.54) is 5.56 Å². The zero-order valence-corrected chi connectivity index (χ0v) is 16.3. The van der Waals surface area contributed by atoms with Crippen molar-refractivity contribution < 1.29 is 14.3 Å². The summed E-state index contributed by atoms with van der Waals surface area (Å²) >= 11 is 0. The quantitative estimate of drug-likeness (QED) is 0.631. The van der Waals surface area contributed by atoms with E-state index >= 15 is 0 Å². The van der Waals surface area contributed by atoms with Gasteiger partial charge < -0.3 is 10.1 Å². The van der Waals surface area contributed by atoms with Gasteiger partial charge in [0.05, 0.1) is 11.1 Å². The fraction of sp³-hybridized carbons (Fsp3) is 0.333. The lowest BCUT2D eigenvalue weighted by atomic mass is 9.99. The number of aromatic nitrogens is 3. The van der Waals surface area contributed by atoms with Crippen LogP contribution in [0.15, 0.2) is 42.5 Å². The molecule has 1 aromatic heterocycles. The number of hydrogen-bond acceptors (Lipinski definition) is 5. The summed E-state index contributed by atoms with van der Waals surface area (Å²) < 4.78 is 6.86. The molecule has 3 aromatic rings. The van der Waals surface area contributed by atoms with Gasteiger partial charge in [0, 0.05) is 12.2 Å². The number of benzene rings is 2. The van der Waals surface area contributed by atoms with Crippen LogP contribution in [0.3, 0.4) is 0 Å². The molecule has 0 aliphatic rings. The highest BCUT2D eigenvalue weighted by molar-refractivity contribution is 5.97. The van der Waals surface area contributed by atoms with Gasteiger partial charge in [-0.15, -0.1) is 5.10 Å². The zero-order valence-electron chi connectivity index (χ0n) is 16.3. The second-order valence-electron chi connectivity index (χ2n) is 6.66. The molecular formula is C21H24N4O3. The lowest BCUT2D eigenvalue weighted by Gasteiger charge is -2.10. The van der Waals surface area contributed by atoms with E-state index in [9.17, 15) is 9.59 Å². The fourth-order valence-electron chi connectivity index (χ4n) is 2.87. The summed E-state index contributed by atoms with van der Waals surface area (Å²) in [4.78, 5) is 24.3. The van der Waals surface area contributed by atoms with Gasteiger partial charge in [0.15, 0.2) is 6.61 Å². The fourth-order valence-corrected chi connectivity index (χ4v) is 2.87. The number of nitrogens with one attached hydrogen (secondary N) is 1.